The van der Waals surface area contributed by atoms with E-state index in [9.17, 15) is 14.2 Å². The molecule has 0 aromatic carbocycles. The highest BCUT2D eigenvalue weighted by atomic mass is 36.0. The Morgan fingerprint density at radius 2 is 0.726 bits per heavy atom. The predicted octanol–water partition coefficient (Wildman–Crippen LogP) is 16.2. The fourth-order valence-electron chi connectivity index (χ4n) is 2.41. The number of hydrogen-bond donors (Lipinski definition) is 7. The number of aromatic nitrogens is 8. The third kappa shape index (κ3) is 95.0. The van der Waals surface area contributed by atoms with Crippen molar-refractivity contribution in [3.63, 3.8) is 0 Å². The average molecular weight is 1140 g/mol. The van der Waals surface area contributed by atoms with E-state index in [0.717, 1.165) is 16.9 Å². The molecular formula is C48H112B4Cl4N13O3P. The maximum atomic E-state index is 10.9. The number of nitrogens with zero attached hydrogens (tertiary/aromatic N) is 6. The Kier molecular flexibility index (Phi) is 184. The number of H-pyrrole nitrogens is 2. The average Bonchev–Trinajstić information content (AvgIpc) is 3.36. The summed E-state index contributed by atoms with van der Waals surface area (Å²) in [6, 6.07) is 0. The standard InChI is InChI=1S/C7H12N4.C6H8ClN3.C6H9N3O.C5H7N3O.10C2H6.4CH4.4B.Cl3OP/c1-5-4-10-7(9-3)11-6(5)8-2;1-4-3-9-6(8-2)10-5(4)7;1-4-3-8-6(7-2)9-5(4)10;1-3-2-7-5(6)8-4(3)9;10*1-2;;;;;;;;;1-5(2,3)4/h4H,1-3H3,(H2,8,9,10,11);3H,1-2H3,(H,8,9,10);3H,1-2H3,(H2,7,8,9,10);2H,1H3,(H3,6,7,8,9);10*1-2H3;4*1H4;;;;;. The van der Waals surface area contributed by atoms with Crippen LogP contribution in [0.2, 0.25) is 5.15 Å². The van der Waals surface area contributed by atoms with E-state index in [-0.39, 0.29) is 80.4 Å². The van der Waals surface area contributed by atoms with Gasteiger partial charge in [0.25, 0.3) is 11.1 Å². The van der Waals surface area contributed by atoms with Crippen LogP contribution in [0.15, 0.2) is 34.4 Å². The maximum absolute atomic E-state index is 10.9. The van der Waals surface area contributed by atoms with Gasteiger partial charge in [-0.15, -0.1) is 0 Å². The second-order valence-electron chi connectivity index (χ2n) is 8.32. The van der Waals surface area contributed by atoms with Crippen molar-refractivity contribution in [1.29, 1.82) is 0 Å². The molecule has 0 aliphatic carbocycles. The van der Waals surface area contributed by atoms with Crippen LogP contribution in [0.5, 0.6) is 0 Å². The monoisotopic (exact) mass is 1130 g/mol. The van der Waals surface area contributed by atoms with Gasteiger partial charge in [0.2, 0.25) is 17.8 Å². The van der Waals surface area contributed by atoms with Gasteiger partial charge in [-0.3, -0.25) is 24.1 Å². The van der Waals surface area contributed by atoms with Crippen molar-refractivity contribution in [3.05, 3.63) is 72.9 Å². The van der Waals surface area contributed by atoms with Crippen molar-refractivity contribution in [2.75, 3.05) is 55.2 Å². The fourth-order valence-corrected chi connectivity index (χ4v) is 2.54. The summed E-state index contributed by atoms with van der Waals surface area (Å²) in [5.74, 6) is 2.71. The molecule has 432 valence electrons. The molecule has 16 nitrogen and oxygen atoms in total. The number of halogens is 4. The molecule has 0 spiro atoms. The zero-order valence-electron chi connectivity index (χ0n) is 48.1. The minimum Gasteiger partial charge on any atom is -0.373 e. The molecule has 0 aliphatic rings. The normalized spacial score (nSPS) is 6.79. The third-order valence-electron chi connectivity index (χ3n) is 4.78. The first-order chi connectivity index (χ1) is 30.9. The molecule has 0 atom stereocenters. The molecule has 25 heteroatoms. The lowest BCUT2D eigenvalue weighted by Crippen LogP contribution is -2.12. The number of nitrogens with two attached hydrogens (primary N) is 1. The summed E-state index contributed by atoms with van der Waals surface area (Å²) in [7, 11) is 7.09. The van der Waals surface area contributed by atoms with E-state index in [2.05, 4.69) is 94.9 Å². The molecular weight excluding hydrogens is 1020 g/mol. The number of aryl methyl sites for hydroxylation is 4. The lowest BCUT2D eigenvalue weighted by molar-refractivity contribution is 0.600. The number of anilines is 5. The first-order valence-electron chi connectivity index (χ1n) is 22.6. The number of rotatable bonds is 4. The molecule has 0 bridgehead atoms. The van der Waals surface area contributed by atoms with Crippen molar-refractivity contribution < 1.29 is 4.57 Å². The summed E-state index contributed by atoms with van der Waals surface area (Å²) in [6.45, 7) is 47.2. The first-order valence-corrected chi connectivity index (χ1v) is 27.4. The van der Waals surface area contributed by atoms with Crippen LogP contribution in [0, 0.1) is 27.7 Å². The van der Waals surface area contributed by atoms with Crippen LogP contribution in [-0.4, -0.2) is 102 Å². The van der Waals surface area contributed by atoms with E-state index in [1.807, 2.05) is 159 Å². The summed E-state index contributed by atoms with van der Waals surface area (Å²) in [5, 5.41) is 8.64. The van der Waals surface area contributed by atoms with Gasteiger partial charge in [0.05, 0.1) is 0 Å². The van der Waals surface area contributed by atoms with E-state index in [1.165, 1.54) is 12.4 Å². The van der Waals surface area contributed by atoms with Crippen LogP contribution in [-0.2, 0) is 4.57 Å². The molecule has 4 heterocycles. The highest BCUT2D eigenvalue weighted by molar-refractivity contribution is 8.24. The molecule has 0 unspecified atom stereocenters. The van der Waals surface area contributed by atoms with Crippen LogP contribution < -0.4 is 38.1 Å². The number of aromatic amines is 2. The van der Waals surface area contributed by atoms with E-state index in [0.29, 0.717) is 34.1 Å². The zero-order valence-corrected chi connectivity index (χ0v) is 52.0. The smallest absolute Gasteiger partial charge is 0.339 e. The van der Waals surface area contributed by atoms with Gasteiger partial charge >= 0.3 is 5.20 Å². The Hall–Kier alpha value is -3.43. The van der Waals surface area contributed by atoms with Crippen LogP contribution >= 0.6 is 50.5 Å². The van der Waals surface area contributed by atoms with Crippen molar-refractivity contribution >= 4 is 114 Å². The van der Waals surface area contributed by atoms with Gasteiger partial charge in [-0.05, 0) is 61.4 Å². The first kappa shape index (κ1) is 128. The van der Waals surface area contributed by atoms with Gasteiger partial charge in [0, 0.05) is 109 Å². The number of hydrogen-bond acceptors (Lipinski definition) is 14. The van der Waals surface area contributed by atoms with Gasteiger partial charge in [0.1, 0.15) is 11.0 Å². The Morgan fingerprint density at radius 1 is 0.452 bits per heavy atom. The van der Waals surface area contributed by atoms with Crippen LogP contribution in [0.4, 0.5) is 29.6 Å². The Labute approximate surface area is 479 Å². The highest BCUT2D eigenvalue weighted by Crippen LogP contribution is 2.61. The Morgan fingerprint density at radius 3 is 0.973 bits per heavy atom. The Balaban J connectivity index is -0.0000000265. The molecule has 0 amide bonds. The number of nitrogens with one attached hydrogen (secondary N) is 6. The summed E-state index contributed by atoms with van der Waals surface area (Å²) < 4.78 is 9.51. The minimum absolute atomic E-state index is 0. The lowest BCUT2D eigenvalue weighted by atomic mass is 10.3. The molecule has 0 aliphatic heterocycles. The van der Waals surface area contributed by atoms with E-state index in [1.54, 1.807) is 47.4 Å². The molecule has 4 aromatic heterocycles. The van der Waals surface area contributed by atoms with Crippen molar-refractivity contribution in [2.45, 2.75) is 196 Å². The highest BCUT2D eigenvalue weighted by Gasteiger charge is 2.03. The van der Waals surface area contributed by atoms with Crippen LogP contribution in [0.1, 0.15) is 190 Å². The maximum Gasteiger partial charge on any atom is 0.339 e. The topological polar surface area (TPSA) is 234 Å². The molecule has 0 saturated heterocycles. The Bertz CT molecular complexity index is 1680. The molecule has 12 radical (unpaired) electrons. The lowest BCUT2D eigenvalue weighted by Gasteiger charge is -2.04. The molecule has 0 fully saturated rings. The fraction of sp³-hybridized carbons (Fsp3) is 0.667. The van der Waals surface area contributed by atoms with Crippen molar-refractivity contribution in [1.82, 2.24) is 39.9 Å². The number of nitrogen functional groups attached to an aromatic ring is 1. The van der Waals surface area contributed by atoms with Crippen LogP contribution in [0.25, 0.3) is 0 Å². The summed E-state index contributed by atoms with van der Waals surface area (Å²) in [5.41, 5.74) is 8.02. The molecule has 4 rings (SSSR count). The quantitative estimate of drug-likeness (QED) is 0.0572. The molecule has 8 N–H and O–H groups in total. The second kappa shape index (κ2) is 105. The van der Waals surface area contributed by atoms with Crippen molar-refractivity contribution in [3.8, 4) is 0 Å². The van der Waals surface area contributed by atoms with Gasteiger partial charge in [-0.1, -0.05) is 180 Å². The SMILES string of the molecule is C.C.C.C.CC.CC.CC.CC.CC.CC.CC.CC.CC.CC.CNc1ncc(C)c(=O)[nH]1.CNc1ncc(C)c(Cl)n1.CNc1ncc(C)c(NC)n1.Cc1cnc(N)[nH]c1=O.O=P(Cl)(Cl)Cl.[B].[B].[B].[B]. The second-order valence-corrected chi connectivity index (χ2v) is 15.3. The van der Waals surface area contributed by atoms with Gasteiger partial charge in [-0.25, -0.2) is 24.9 Å². The minimum atomic E-state index is -3.22. The predicted molar refractivity (Wildman–Crippen MR) is 349 cm³/mol. The van der Waals surface area contributed by atoms with E-state index < -0.39 is 5.20 Å². The summed E-state index contributed by atoms with van der Waals surface area (Å²) in [6.07, 6.45) is 6.44. The van der Waals surface area contributed by atoms with Gasteiger partial charge < -0.3 is 27.0 Å². The van der Waals surface area contributed by atoms with Gasteiger partial charge in [-0.2, -0.15) is 4.98 Å². The largest absolute Gasteiger partial charge is 0.373 e. The van der Waals surface area contributed by atoms with E-state index >= 15 is 0 Å². The molecule has 4 aromatic rings. The summed E-state index contributed by atoms with van der Waals surface area (Å²) >= 11 is 19.6. The third-order valence-corrected chi connectivity index (χ3v) is 5.16. The van der Waals surface area contributed by atoms with Crippen LogP contribution in [0.3, 0.4) is 0 Å². The van der Waals surface area contributed by atoms with E-state index in [4.69, 9.17) is 17.3 Å². The summed E-state index contributed by atoms with van der Waals surface area (Å²) in [4.78, 5) is 50.1. The molecule has 73 heavy (non-hydrogen) atoms. The molecule has 0 saturated carbocycles. The van der Waals surface area contributed by atoms with Crippen molar-refractivity contribution in [2.24, 2.45) is 0 Å². The zero-order chi connectivity index (χ0) is 54.7. The van der Waals surface area contributed by atoms with Gasteiger partial charge in [0.15, 0.2) is 5.95 Å².